The Morgan fingerprint density at radius 1 is 1.26 bits per heavy atom. The lowest BCUT2D eigenvalue weighted by Gasteiger charge is -2.62. The molecular formula is C22H28F2O3. The first kappa shape index (κ1) is 19.0. The number of ketones is 2. The molecule has 148 valence electrons. The van der Waals surface area contributed by atoms with Crippen LogP contribution in [0.5, 0.6) is 0 Å². The second kappa shape index (κ2) is 5.59. The Labute approximate surface area is 158 Å². The van der Waals surface area contributed by atoms with Gasteiger partial charge in [-0.05, 0) is 68.1 Å². The van der Waals surface area contributed by atoms with Gasteiger partial charge >= 0.3 is 0 Å². The standard InChI is InChI=1S/C22H28F2O3/c1-11-7-14-15-9-17(23)16-8-13(26)5-6-21(16,4)22(15,24)18(27)10-20(14,3)19(11)12(2)25/h5-6,8,11,14-15,17-19,27H,7,9-10H2,1-4H3/t11-,14+,15+,17+,18+,19-,20+,21+,22+/m1/s1. The monoisotopic (exact) mass is 378 g/mol. The van der Waals surface area contributed by atoms with Crippen LogP contribution in [0, 0.1) is 34.5 Å². The van der Waals surface area contributed by atoms with E-state index in [4.69, 9.17) is 0 Å². The number of alkyl halides is 2. The number of fused-ring (bicyclic) bond motifs is 5. The molecule has 0 aromatic rings. The fraction of sp³-hybridized carbons (Fsp3) is 0.727. The summed E-state index contributed by atoms with van der Waals surface area (Å²) in [5.41, 5.74) is -3.78. The van der Waals surface area contributed by atoms with Crippen LogP contribution >= 0.6 is 0 Å². The third-order valence-corrected chi connectivity index (χ3v) is 8.41. The van der Waals surface area contributed by atoms with Gasteiger partial charge in [0.2, 0.25) is 0 Å². The zero-order chi connectivity index (χ0) is 19.9. The number of aliphatic hydroxyl groups excluding tert-OH is 1. The van der Waals surface area contributed by atoms with E-state index in [0.717, 1.165) is 0 Å². The first-order valence-electron chi connectivity index (χ1n) is 9.93. The Morgan fingerprint density at radius 2 is 1.93 bits per heavy atom. The molecule has 9 atom stereocenters. The Hall–Kier alpha value is -1.36. The van der Waals surface area contributed by atoms with Crippen molar-refractivity contribution in [3.63, 3.8) is 0 Å². The number of aliphatic hydroxyl groups is 1. The van der Waals surface area contributed by atoms with Gasteiger partial charge in [0.25, 0.3) is 0 Å². The first-order valence-corrected chi connectivity index (χ1v) is 9.93. The molecule has 0 radical (unpaired) electrons. The summed E-state index contributed by atoms with van der Waals surface area (Å²) in [6.45, 7) is 7.14. The molecule has 0 saturated heterocycles. The molecule has 4 aliphatic carbocycles. The molecule has 27 heavy (non-hydrogen) atoms. The van der Waals surface area contributed by atoms with Crippen molar-refractivity contribution in [2.24, 2.45) is 34.5 Å². The zero-order valence-corrected chi connectivity index (χ0v) is 16.3. The molecule has 3 saturated carbocycles. The predicted octanol–water partition coefficient (Wildman–Crippen LogP) is 3.76. The van der Waals surface area contributed by atoms with Gasteiger partial charge in [0.15, 0.2) is 11.5 Å². The summed E-state index contributed by atoms with van der Waals surface area (Å²) >= 11 is 0. The summed E-state index contributed by atoms with van der Waals surface area (Å²) in [7, 11) is 0. The number of carbonyl (C=O) groups excluding carboxylic acids is 2. The Bertz CT molecular complexity index is 774. The Morgan fingerprint density at radius 3 is 2.56 bits per heavy atom. The normalized spacial score (nSPS) is 54.0. The number of rotatable bonds is 1. The second-order valence-corrected chi connectivity index (χ2v) is 9.75. The molecule has 0 heterocycles. The van der Waals surface area contributed by atoms with E-state index >= 15 is 8.78 Å². The minimum absolute atomic E-state index is 0.0479. The highest BCUT2D eigenvalue weighted by molar-refractivity contribution is 6.01. The smallest absolute Gasteiger partial charge is 0.178 e. The summed E-state index contributed by atoms with van der Waals surface area (Å²) < 4.78 is 32.0. The van der Waals surface area contributed by atoms with Crippen molar-refractivity contribution in [1.29, 1.82) is 0 Å². The highest BCUT2D eigenvalue weighted by atomic mass is 19.1. The number of allylic oxidation sites excluding steroid dienone is 4. The molecule has 3 nitrogen and oxygen atoms in total. The van der Waals surface area contributed by atoms with Crippen LogP contribution in [0.3, 0.4) is 0 Å². The zero-order valence-electron chi connectivity index (χ0n) is 16.3. The maximum Gasteiger partial charge on any atom is 0.178 e. The summed E-state index contributed by atoms with van der Waals surface area (Å²) in [5, 5.41) is 11.1. The minimum atomic E-state index is -2.05. The molecule has 5 heteroatoms. The minimum Gasteiger partial charge on any atom is -0.390 e. The van der Waals surface area contributed by atoms with Gasteiger partial charge in [0.1, 0.15) is 12.0 Å². The van der Waals surface area contributed by atoms with Crippen LogP contribution in [-0.4, -0.2) is 34.6 Å². The lowest BCUT2D eigenvalue weighted by atomic mass is 9.45. The Kier molecular flexibility index (Phi) is 3.93. The molecule has 4 aliphatic rings. The van der Waals surface area contributed by atoms with E-state index in [2.05, 4.69) is 0 Å². The van der Waals surface area contributed by atoms with Crippen molar-refractivity contribution in [3.05, 3.63) is 23.8 Å². The van der Waals surface area contributed by atoms with E-state index in [1.54, 1.807) is 13.8 Å². The third-order valence-electron chi connectivity index (χ3n) is 8.41. The van der Waals surface area contributed by atoms with Crippen LogP contribution in [0.4, 0.5) is 8.78 Å². The van der Waals surface area contributed by atoms with Gasteiger partial charge in [-0.2, -0.15) is 0 Å². The van der Waals surface area contributed by atoms with Crippen molar-refractivity contribution >= 4 is 11.6 Å². The fourth-order valence-corrected chi connectivity index (χ4v) is 7.44. The molecule has 0 spiro atoms. The maximum absolute atomic E-state index is 16.8. The van der Waals surface area contributed by atoms with Crippen LogP contribution in [-0.2, 0) is 9.59 Å². The molecule has 0 aliphatic heterocycles. The average Bonchev–Trinajstić information content (AvgIpc) is 2.82. The number of hydrogen-bond donors (Lipinski definition) is 1. The summed E-state index contributed by atoms with van der Waals surface area (Å²) in [6.07, 6.45) is 2.02. The van der Waals surface area contributed by atoms with Crippen LogP contribution in [0.25, 0.3) is 0 Å². The highest BCUT2D eigenvalue weighted by Crippen LogP contribution is 2.70. The van der Waals surface area contributed by atoms with Gasteiger partial charge in [-0.1, -0.05) is 19.9 Å². The summed E-state index contributed by atoms with van der Waals surface area (Å²) in [6, 6.07) is 0. The largest absolute Gasteiger partial charge is 0.390 e. The quantitative estimate of drug-likeness (QED) is 0.756. The van der Waals surface area contributed by atoms with Gasteiger partial charge in [0, 0.05) is 17.3 Å². The topological polar surface area (TPSA) is 54.4 Å². The van der Waals surface area contributed by atoms with E-state index < -0.39 is 34.7 Å². The lowest BCUT2D eigenvalue weighted by molar-refractivity contribution is -0.201. The molecular weight excluding hydrogens is 350 g/mol. The van der Waals surface area contributed by atoms with E-state index in [9.17, 15) is 14.7 Å². The second-order valence-electron chi connectivity index (χ2n) is 9.75. The number of halogens is 2. The van der Waals surface area contributed by atoms with Gasteiger partial charge in [-0.3, -0.25) is 9.59 Å². The molecule has 0 aromatic carbocycles. The van der Waals surface area contributed by atoms with E-state index in [0.29, 0.717) is 6.42 Å². The van der Waals surface area contributed by atoms with Crippen molar-refractivity contribution < 1.29 is 23.5 Å². The van der Waals surface area contributed by atoms with E-state index in [1.165, 1.54) is 18.2 Å². The molecule has 0 amide bonds. The number of Topliss-reactive ketones (excluding diaryl/α,β-unsaturated/α-hetero) is 1. The lowest BCUT2D eigenvalue weighted by Crippen LogP contribution is -2.68. The molecule has 4 rings (SSSR count). The van der Waals surface area contributed by atoms with Crippen LogP contribution in [0.2, 0.25) is 0 Å². The fourth-order valence-electron chi connectivity index (χ4n) is 7.44. The highest BCUT2D eigenvalue weighted by Gasteiger charge is 2.72. The molecule has 0 unspecified atom stereocenters. The van der Waals surface area contributed by atoms with Crippen LogP contribution in [0.1, 0.15) is 47.0 Å². The molecule has 1 N–H and O–H groups in total. The van der Waals surface area contributed by atoms with E-state index in [-0.39, 0.29) is 47.7 Å². The SMILES string of the molecule is CC(=O)[C@H]1[C@H](C)C[C@H]2[C@@H]3C[C@H](F)C4=CC(=O)C=C[C@]4(C)[C@@]3(F)[C@@H](O)C[C@@]21C. The van der Waals surface area contributed by atoms with Gasteiger partial charge in [-0.25, -0.2) is 8.78 Å². The maximum atomic E-state index is 16.8. The van der Waals surface area contributed by atoms with Gasteiger partial charge in [-0.15, -0.1) is 0 Å². The molecule has 0 bridgehead atoms. The van der Waals surface area contributed by atoms with Crippen molar-refractivity contribution in [2.75, 3.05) is 0 Å². The summed E-state index contributed by atoms with van der Waals surface area (Å²) in [4.78, 5) is 24.1. The summed E-state index contributed by atoms with van der Waals surface area (Å²) in [5.74, 6) is -1.29. The van der Waals surface area contributed by atoms with Crippen LogP contribution in [0.15, 0.2) is 23.8 Å². The first-order chi connectivity index (χ1) is 12.5. The van der Waals surface area contributed by atoms with Crippen LogP contribution < -0.4 is 0 Å². The molecule has 0 aromatic heterocycles. The van der Waals surface area contributed by atoms with Gasteiger partial charge < -0.3 is 5.11 Å². The van der Waals surface area contributed by atoms with E-state index in [1.807, 2.05) is 13.8 Å². The van der Waals surface area contributed by atoms with Crippen molar-refractivity contribution in [1.82, 2.24) is 0 Å². The van der Waals surface area contributed by atoms with Crippen molar-refractivity contribution in [2.45, 2.75) is 64.9 Å². The number of hydrogen-bond acceptors (Lipinski definition) is 3. The predicted molar refractivity (Wildman–Crippen MR) is 97.4 cm³/mol. The number of carbonyl (C=O) groups is 2. The Balaban J connectivity index is 1.86. The average molecular weight is 378 g/mol. The molecule has 3 fully saturated rings. The van der Waals surface area contributed by atoms with Crippen molar-refractivity contribution in [3.8, 4) is 0 Å². The third kappa shape index (κ3) is 2.15. The van der Waals surface area contributed by atoms with Gasteiger partial charge in [0.05, 0.1) is 6.10 Å².